The number of methoxy groups -OCH3 is 2. The lowest BCUT2D eigenvalue weighted by Gasteiger charge is -2.23. The summed E-state index contributed by atoms with van der Waals surface area (Å²) >= 11 is 0. The van der Waals surface area contributed by atoms with Gasteiger partial charge in [0, 0.05) is 25.7 Å². The molecule has 2 aromatic rings. The van der Waals surface area contributed by atoms with Crippen LogP contribution in [0.1, 0.15) is 37.5 Å². The molecule has 172 valence electrons. The smallest absolute Gasteiger partial charge is 0.191 e. The Balaban J connectivity index is 0.00000480. The second kappa shape index (κ2) is 14.1. The summed E-state index contributed by atoms with van der Waals surface area (Å²) in [5.41, 5.74) is 3.67. The monoisotopic (exact) mass is 540 g/mol. The summed E-state index contributed by atoms with van der Waals surface area (Å²) in [6.45, 7) is 9.49. The van der Waals surface area contributed by atoms with Gasteiger partial charge >= 0.3 is 0 Å². The van der Waals surface area contributed by atoms with Crippen molar-refractivity contribution in [2.75, 3.05) is 27.8 Å². The molecule has 2 aromatic carbocycles. The zero-order valence-electron chi connectivity index (χ0n) is 19.6. The van der Waals surface area contributed by atoms with E-state index < -0.39 is 0 Å². The van der Waals surface area contributed by atoms with Gasteiger partial charge in [0.15, 0.2) is 17.5 Å². The Bertz CT molecular complexity index is 827. The van der Waals surface area contributed by atoms with E-state index in [1.807, 2.05) is 18.2 Å². The molecule has 0 aromatic heterocycles. The Labute approximate surface area is 204 Å². The van der Waals surface area contributed by atoms with Crippen molar-refractivity contribution in [1.29, 1.82) is 0 Å². The Morgan fingerprint density at radius 2 is 1.68 bits per heavy atom. The second-order valence-corrected chi connectivity index (χ2v) is 7.52. The summed E-state index contributed by atoms with van der Waals surface area (Å²) in [5, 5.41) is 6.79. The number of rotatable bonds is 10. The molecule has 0 spiro atoms. The van der Waals surface area contributed by atoms with Gasteiger partial charge < -0.3 is 20.1 Å². The quantitative estimate of drug-likeness (QED) is 0.266. The molecule has 0 saturated heterocycles. The number of guanidine groups is 1. The predicted molar refractivity (Wildman–Crippen MR) is 140 cm³/mol. The molecule has 7 heteroatoms. The minimum Gasteiger partial charge on any atom is -0.493 e. The molecular weight excluding hydrogens is 503 g/mol. The second-order valence-electron chi connectivity index (χ2n) is 7.52. The fraction of sp³-hybridized carbons (Fsp3) is 0.458. The minimum atomic E-state index is 0. The lowest BCUT2D eigenvalue weighted by Crippen LogP contribution is -2.37. The van der Waals surface area contributed by atoms with Crippen LogP contribution in [0.2, 0.25) is 0 Å². The average molecular weight is 540 g/mol. The fourth-order valence-corrected chi connectivity index (χ4v) is 3.01. The van der Waals surface area contributed by atoms with E-state index in [2.05, 4.69) is 67.6 Å². The molecular formula is C24H37IN4O2. The van der Waals surface area contributed by atoms with E-state index in [9.17, 15) is 0 Å². The van der Waals surface area contributed by atoms with E-state index in [1.54, 1.807) is 14.2 Å². The standard InChI is InChI=1S/C24H36N4O2.HI/c1-7-25-24(26-15-19-12-13-22(29-5)23(14-19)30-6)27-16-20-10-8-9-11-21(20)17-28(4)18(2)3;/h8-14,18H,7,15-17H2,1-6H3,(H2,25,26,27);1H. The average Bonchev–Trinajstić information content (AvgIpc) is 2.76. The van der Waals surface area contributed by atoms with Gasteiger partial charge in [-0.05, 0) is 56.6 Å². The van der Waals surface area contributed by atoms with Gasteiger partial charge in [-0.3, -0.25) is 4.90 Å². The first kappa shape index (κ1) is 27.0. The third-order valence-corrected chi connectivity index (χ3v) is 5.08. The first-order chi connectivity index (χ1) is 14.5. The van der Waals surface area contributed by atoms with Gasteiger partial charge in [-0.25, -0.2) is 4.99 Å². The summed E-state index contributed by atoms with van der Waals surface area (Å²) in [6.07, 6.45) is 0. The van der Waals surface area contributed by atoms with Crippen LogP contribution in [0.15, 0.2) is 47.5 Å². The SMILES string of the molecule is CCNC(=NCc1ccc(OC)c(OC)c1)NCc1ccccc1CN(C)C(C)C.I. The third kappa shape index (κ3) is 8.57. The van der Waals surface area contributed by atoms with Crippen LogP contribution in [0.25, 0.3) is 0 Å². The number of hydrogen-bond acceptors (Lipinski definition) is 4. The molecule has 0 fully saturated rings. The van der Waals surface area contributed by atoms with Crippen LogP contribution >= 0.6 is 24.0 Å². The zero-order chi connectivity index (χ0) is 21.9. The first-order valence-corrected chi connectivity index (χ1v) is 10.5. The zero-order valence-corrected chi connectivity index (χ0v) is 21.9. The van der Waals surface area contributed by atoms with Gasteiger partial charge in [-0.2, -0.15) is 0 Å². The number of aliphatic imine (C=N–C) groups is 1. The van der Waals surface area contributed by atoms with Crippen molar-refractivity contribution in [3.63, 3.8) is 0 Å². The summed E-state index contributed by atoms with van der Waals surface area (Å²) in [5.74, 6) is 2.23. The molecule has 0 aliphatic rings. The van der Waals surface area contributed by atoms with Gasteiger partial charge in [0.25, 0.3) is 0 Å². The topological polar surface area (TPSA) is 58.1 Å². The van der Waals surface area contributed by atoms with Gasteiger partial charge in [0.2, 0.25) is 0 Å². The number of nitrogens with zero attached hydrogens (tertiary/aromatic N) is 2. The van der Waals surface area contributed by atoms with Crippen molar-refractivity contribution < 1.29 is 9.47 Å². The lowest BCUT2D eigenvalue weighted by atomic mass is 10.1. The van der Waals surface area contributed by atoms with Crippen molar-refractivity contribution in [2.24, 2.45) is 4.99 Å². The van der Waals surface area contributed by atoms with E-state index in [1.165, 1.54) is 11.1 Å². The van der Waals surface area contributed by atoms with E-state index in [0.717, 1.165) is 36.9 Å². The van der Waals surface area contributed by atoms with Gasteiger partial charge in [0.1, 0.15) is 0 Å². The number of halogens is 1. The van der Waals surface area contributed by atoms with E-state index >= 15 is 0 Å². The Morgan fingerprint density at radius 3 is 2.29 bits per heavy atom. The molecule has 2 N–H and O–H groups in total. The number of nitrogens with one attached hydrogen (secondary N) is 2. The third-order valence-electron chi connectivity index (χ3n) is 5.08. The molecule has 0 aliphatic carbocycles. The van der Waals surface area contributed by atoms with Gasteiger partial charge in [0.05, 0.1) is 20.8 Å². The highest BCUT2D eigenvalue weighted by Gasteiger charge is 2.09. The van der Waals surface area contributed by atoms with Crippen LogP contribution in [0.5, 0.6) is 11.5 Å². The van der Waals surface area contributed by atoms with E-state index in [-0.39, 0.29) is 24.0 Å². The normalized spacial score (nSPS) is 11.3. The molecule has 0 aliphatic heterocycles. The molecule has 0 atom stereocenters. The summed E-state index contributed by atoms with van der Waals surface area (Å²) < 4.78 is 10.7. The summed E-state index contributed by atoms with van der Waals surface area (Å²) in [6, 6.07) is 14.9. The molecule has 0 unspecified atom stereocenters. The van der Waals surface area contributed by atoms with Crippen LogP contribution in [0.3, 0.4) is 0 Å². The van der Waals surface area contributed by atoms with Crippen molar-refractivity contribution >= 4 is 29.9 Å². The molecule has 0 saturated carbocycles. The Hall–Kier alpha value is -2.00. The molecule has 31 heavy (non-hydrogen) atoms. The van der Waals surface area contributed by atoms with Crippen molar-refractivity contribution in [3.05, 3.63) is 59.2 Å². The van der Waals surface area contributed by atoms with Crippen LogP contribution < -0.4 is 20.1 Å². The molecule has 0 radical (unpaired) electrons. The molecule has 0 bridgehead atoms. The fourth-order valence-electron chi connectivity index (χ4n) is 3.01. The largest absolute Gasteiger partial charge is 0.493 e. The van der Waals surface area contributed by atoms with E-state index in [0.29, 0.717) is 18.3 Å². The summed E-state index contributed by atoms with van der Waals surface area (Å²) in [4.78, 5) is 7.08. The summed E-state index contributed by atoms with van der Waals surface area (Å²) in [7, 11) is 5.44. The van der Waals surface area contributed by atoms with E-state index in [4.69, 9.17) is 14.5 Å². The molecule has 0 amide bonds. The van der Waals surface area contributed by atoms with Crippen molar-refractivity contribution in [3.8, 4) is 11.5 Å². The minimum absolute atomic E-state index is 0. The number of hydrogen-bond donors (Lipinski definition) is 2. The van der Waals surface area contributed by atoms with Crippen LogP contribution in [-0.2, 0) is 19.6 Å². The Morgan fingerprint density at radius 1 is 1.00 bits per heavy atom. The maximum absolute atomic E-state index is 5.39. The van der Waals surface area contributed by atoms with Crippen LogP contribution in [0, 0.1) is 0 Å². The highest BCUT2D eigenvalue weighted by atomic mass is 127. The maximum Gasteiger partial charge on any atom is 0.191 e. The van der Waals surface area contributed by atoms with Crippen LogP contribution in [0.4, 0.5) is 0 Å². The van der Waals surface area contributed by atoms with Crippen molar-refractivity contribution in [1.82, 2.24) is 15.5 Å². The molecule has 6 nitrogen and oxygen atoms in total. The molecule has 2 rings (SSSR count). The highest BCUT2D eigenvalue weighted by molar-refractivity contribution is 14.0. The van der Waals surface area contributed by atoms with Gasteiger partial charge in [-0.1, -0.05) is 30.3 Å². The maximum atomic E-state index is 5.39. The first-order valence-electron chi connectivity index (χ1n) is 10.5. The Kier molecular flexibility index (Phi) is 12.3. The predicted octanol–water partition coefficient (Wildman–Crippen LogP) is 4.42. The highest BCUT2D eigenvalue weighted by Crippen LogP contribution is 2.27. The number of ether oxygens (including phenoxy) is 2. The lowest BCUT2D eigenvalue weighted by molar-refractivity contribution is 0.265. The van der Waals surface area contributed by atoms with Gasteiger partial charge in [-0.15, -0.1) is 24.0 Å². The molecule has 0 heterocycles. The van der Waals surface area contributed by atoms with Crippen molar-refractivity contribution in [2.45, 2.75) is 46.4 Å². The number of benzene rings is 2. The van der Waals surface area contributed by atoms with Crippen LogP contribution in [-0.4, -0.2) is 44.7 Å².